The third-order valence-electron chi connectivity index (χ3n) is 4.14. The smallest absolute Gasteiger partial charge is 0.410 e. The zero-order valence-electron chi connectivity index (χ0n) is 14.0. The van der Waals surface area contributed by atoms with Crippen molar-refractivity contribution in [2.75, 3.05) is 19.6 Å². The first-order chi connectivity index (χ1) is 10.2. The van der Waals surface area contributed by atoms with Gasteiger partial charge in [-0.1, -0.05) is 29.5 Å². The second-order valence-electron chi connectivity index (χ2n) is 7.52. The Morgan fingerprint density at radius 3 is 2.64 bits per heavy atom. The van der Waals surface area contributed by atoms with Crippen molar-refractivity contribution in [3.05, 3.63) is 0 Å². The van der Waals surface area contributed by atoms with E-state index in [1.807, 2.05) is 25.7 Å². The number of hydrogen-bond donors (Lipinski definition) is 0. The summed E-state index contributed by atoms with van der Waals surface area (Å²) >= 11 is 2.24. The molecular formula is C16H27IN2O3. The fourth-order valence-electron chi connectivity index (χ4n) is 3.24. The van der Waals surface area contributed by atoms with Crippen LogP contribution in [0.4, 0.5) is 4.79 Å². The van der Waals surface area contributed by atoms with Gasteiger partial charge in [-0.2, -0.15) is 0 Å². The normalized spacial score (nSPS) is 30.4. The zero-order chi connectivity index (χ0) is 16.5. The van der Waals surface area contributed by atoms with Crippen LogP contribution in [0.3, 0.4) is 0 Å². The second kappa shape index (κ2) is 6.93. The number of nitrogens with zero attached hydrogens (tertiary/aromatic N) is 2. The van der Waals surface area contributed by atoms with E-state index in [9.17, 15) is 9.59 Å². The number of carbonyl (C=O) groups excluding carboxylic acids is 2. The van der Waals surface area contributed by atoms with Crippen molar-refractivity contribution in [2.24, 2.45) is 5.92 Å². The van der Waals surface area contributed by atoms with Crippen molar-refractivity contribution in [1.29, 1.82) is 0 Å². The van der Waals surface area contributed by atoms with Crippen molar-refractivity contribution >= 4 is 34.6 Å². The lowest BCUT2D eigenvalue weighted by Gasteiger charge is -2.44. The summed E-state index contributed by atoms with van der Waals surface area (Å²) in [5.74, 6) is 0.615. The quantitative estimate of drug-likeness (QED) is 0.482. The van der Waals surface area contributed by atoms with Gasteiger partial charge in [0, 0.05) is 25.7 Å². The van der Waals surface area contributed by atoms with Crippen LogP contribution >= 0.6 is 22.6 Å². The minimum atomic E-state index is -0.485. The molecule has 0 spiro atoms. The molecule has 0 aliphatic carbocycles. The van der Waals surface area contributed by atoms with Crippen LogP contribution in [0.5, 0.6) is 0 Å². The highest BCUT2D eigenvalue weighted by Crippen LogP contribution is 2.27. The van der Waals surface area contributed by atoms with Crippen LogP contribution in [-0.2, 0) is 9.53 Å². The molecule has 2 rings (SSSR count). The summed E-state index contributed by atoms with van der Waals surface area (Å²) in [4.78, 5) is 28.5. The van der Waals surface area contributed by atoms with E-state index < -0.39 is 5.60 Å². The molecule has 0 bridgehead atoms. The number of ether oxygens (including phenoxy) is 1. The lowest BCUT2D eigenvalue weighted by Crippen LogP contribution is -2.57. The monoisotopic (exact) mass is 422 g/mol. The first-order valence-electron chi connectivity index (χ1n) is 8.10. The van der Waals surface area contributed by atoms with E-state index in [0.29, 0.717) is 19.0 Å². The number of amides is 2. The van der Waals surface area contributed by atoms with E-state index >= 15 is 0 Å². The molecule has 2 amide bonds. The number of likely N-dealkylation sites (tertiary alicyclic amines) is 2. The first kappa shape index (κ1) is 17.8. The standard InChI is InChI=1S/C16H27IN2O3/c1-11-8-12(19-7-5-6-13(17)14(19)20)10-18(9-11)15(21)22-16(2,3)4/h11-13H,5-10H2,1-4H3/t11-,12+,13-/m0/s1. The summed E-state index contributed by atoms with van der Waals surface area (Å²) in [7, 11) is 0. The fourth-order valence-corrected chi connectivity index (χ4v) is 4.04. The van der Waals surface area contributed by atoms with Gasteiger partial charge < -0.3 is 14.5 Å². The Morgan fingerprint density at radius 1 is 1.32 bits per heavy atom. The van der Waals surface area contributed by atoms with E-state index in [-0.39, 0.29) is 22.0 Å². The van der Waals surface area contributed by atoms with Crippen LogP contribution in [0.25, 0.3) is 0 Å². The molecule has 2 aliphatic heterocycles. The number of halogens is 1. The van der Waals surface area contributed by atoms with Gasteiger partial charge in [-0.25, -0.2) is 4.79 Å². The molecule has 0 aromatic carbocycles. The SMILES string of the molecule is C[C@H]1C[C@@H](N2CCC[C@H](I)C2=O)CN(C(=O)OC(C)(C)C)C1. The third kappa shape index (κ3) is 4.49. The fraction of sp³-hybridized carbons (Fsp3) is 0.875. The Morgan fingerprint density at radius 2 is 2.00 bits per heavy atom. The minimum absolute atomic E-state index is 0.0820. The van der Waals surface area contributed by atoms with Crippen LogP contribution in [0.15, 0.2) is 0 Å². The number of carbonyl (C=O) groups is 2. The molecule has 0 aromatic rings. The number of alkyl halides is 1. The van der Waals surface area contributed by atoms with E-state index in [1.54, 1.807) is 4.90 Å². The topological polar surface area (TPSA) is 49.9 Å². The number of hydrogen-bond acceptors (Lipinski definition) is 3. The van der Waals surface area contributed by atoms with Gasteiger partial charge in [0.25, 0.3) is 0 Å². The van der Waals surface area contributed by atoms with Crippen LogP contribution in [0.2, 0.25) is 0 Å². The third-order valence-corrected chi connectivity index (χ3v) is 5.29. The van der Waals surface area contributed by atoms with Crippen molar-refractivity contribution in [3.8, 4) is 0 Å². The van der Waals surface area contributed by atoms with Crippen molar-refractivity contribution in [1.82, 2.24) is 9.80 Å². The lowest BCUT2D eigenvalue weighted by molar-refractivity contribution is -0.136. The highest BCUT2D eigenvalue weighted by atomic mass is 127. The van der Waals surface area contributed by atoms with Crippen molar-refractivity contribution < 1.29 is 14.3 Å². The molecule has 0 unspecified atom stereocenters. The van der Waals surface area contributed by atoms with Gasteiger partial charge in [-0.15, -0.1) is 0 Å². The average Bonchev–Trinajstić information content (AvgIpc) is 2.39. The summed E-state index contributed by atoms with van der Waals surface area (Å²) in [6.45, 7) is 9.90. The molecule has 3 atom stereocenters. The maximum Gasteiger partial charge on any atom is 0.410 e. The summed E-state index contributed by atoms with van der Waals surface area (Å²) in [6.07, 6.45) is 2.72. The highest BCUT2D eigenvalue weighted by Gasteiger charge is 2.37. The molecule has 2 fully saturated rings. The maximum atomic E-state index is 12.4. The Labute approximate surface area is 146 Å². The molecule has 126 valence electrons. The van der Waals surface area contributed by atoms with Gasteiger partial charge in [0.1, 0.15) is 5.60 Å². The van der Waals surface area contributed by atoms with Crippen LogP contribution in [-0.4, -0.2) is 57.0 Å². The largest absolute Gasteiger partial charge is 0.444 e. The summed E-state index contributed by atoms with van der Waals surface area (Å²) in [5.41, 5.74) is -0.485. The molecule has 5 nitrogen and oxygen atoms in total. The Bertz CT molecular complexity index is 436. The van der Waals surface area contributed by atoms with E-state index in [4.69, 9.17) is 4.74 Å². The van der Waals surface area contributed by atoms with E-state index in [0.717, 1.165) is 25.8 Å². The van der Waals surface area contributed by atoms with Gasteiger partial charge in [0.15, 0.2) is 0 Å². The highest BCUT2D eigenvalue weighted by molar-refractivity contribution is 14.1. The zero-order valence-corrected chi connectivity index (χ0v) is 16.1. The number of rotatable bonds is 1. The molecule has 2 aliphatic rings. The molecule has 0 saturated carbocycles. The molecule has 0 aromatic heterocycles. The Hall–Kier alpha value is -0.530. The van der Waals surface area contributed by atoms with Gasteiger partial charge in [-0.3, -0.25) is 4.79 Å². The predicted octanol–water partition coefficient (Wildman–Crippen LogP) is 3.06. The molecule has 2 saturated heterocycles. The number of piperidine rings is 2. The summed E-state index contributed by atoms with van der Waals surface area (Å²) in [5, 5.41) is 0. The molecule has 0 N–H and O–H groups in total. The van der Waals surface area contributed by atoms with Crippen molar-refractivity contribution in [3.63, 3.8) is 0 Å². The van der Waals surface area contributed by atoms with E-state index in [2.05, 4.69) is 29.5 Å². The van der Waals surface area contributed by atoms with Crippen LogP contribution in [0.1, 0.15) is 47.0 Å². The predicted molar refractivity (Wildman–Crippen MR) is 94.1 cm³/mol. The first-order valence-corrected chi connectivity index (χ1v) is 9.34. The second-order valence-corrected chi connectivity index (χ2v) is 9.03. The van der Waals surface area contributed by atoms with Gasteiger partial charge in [0.05, 0.1) is 3.92 Å². The maximum absolute atomic E-state index is 12.4. The van der Waals surface area contributed by atoms with Crippen molar-refractivity contribution in [2.45, 2.75) is 62.5 Å². The Balaban J connectivity index is 2.04. The van der Waals surface area contributed by atoms with Crippen LogP contribution < -0.4 is 0 Å². The van der Waals surface area contributed by atoms with Gasteiger partial charge in [-0.05, 0) is 46.0 Å². The molecular weight excluding hydrogens is 395 g/mol. The molecule has 2 heterocycles. The Kier molecular flexibility index (Phi) is 5.61. The summed E-state index contributed by atoms with van der Waals surface area (Å²) in [6, 6.07) is 0.126. The van der Waals surface area contributed by atoms with Gasteiger partial charge in [0.2, 0.25) is 5.91 Å². The molecule has 22 heavy (non-hydrogen) atoms. The minimum Gasteiger partial charge on any atom is -0.444 e. The van der Waals surface area contributed by atoms with E-state index in [1.165, 1.54) is 0 Å². The van der Waals surface area contributed by atoms with Crippen LogP contribution in [0, 0.1) is 5.92 Å². The molecule has 0 radical (unpaired) electrons. The molecule has 6 heteroatoms. The summed E-state index contributed by atoms with van der Waals surface area (Å²) < 4.78 is 5.57. The average molecular weight is 422 g/mol. The lowest BCUT2D eigenvalue weighted by atomic mass is 9.93. The van der Waals surface area contributed by atoms with Gasteiger partial charge >= 0.3 is 6.09 Å².